The fourth-order valence-corrected chi connectivity index (χ4v) is 4.51. The number of benzene rings is 2. The molecule has 0 spiro atoms. The molecule has 0 radical (unpaired) electrons. The molecular weight excluding hydrogens is 400 g/mol. The highest BCUT2D eigenvalue weighted by atomic mass is 35.5. The van der Waals surface area contributed by atoms with Gasteiger partial charge in [0.05, 0.1) is 17.0 Å². The normalized spacial score (nSPS) is 14.0. The molecule has 1 heterocycles. The molecule has 0 aliphatic carbocycles. The van der Waals surface area contributed by atoms with Crippen molar-refractivity contribution in [3.05, 3.63) is 47.0 Å². The molecule has 0 aromatic heterocycles. The van der Waals surface area contributed by atoms with Gasteiger partial charge in [-0.15, -0.1) is 0 Å². The van der Waals surface area contributed by atoms with Gasteiger partial charge in [-0.25, -0.2) is 8.42 Å². The molecule has 0 unspecified atom stereocenters. The molecule has 1 aliphatic rings. The van der Waals surface area contributed by atoms with Gasteiger partial charge in [0.15, 0.2) is 0 Å². The number of rotatable bonds is 4. The topological polar surface area (TPSA) is 75.7 Å². The van der Waals surface area contributed by atoms with Crippen LogP contribution in [0, 0.1) is 5.41 Å². The monoisotopic (exact) mass is 422 g/mol. The molecular formula is C20H23ClN2O4S. The summed E-state index contributed by atoms with van der Waals surface area (Å²) in [5.41, 5.74) is 1.73. The molecule has 1 amide bonds. The van der Waals surface area contributed by atoms with E-state index in [2.05, 4.69) is 4.72 Å². The highest BCUT2D eigenvalue weighted by Crippen LogP contribution is 2.34. The third kappa shape index (κ3) is 3.95. The maximum Gasteiger partial charge on any atom is 0.261 e. The second kappa shape index (κ2) is 7.29. The summed E-state index contributed by atoms with van der Waals surface area (Å²) in [5.74, 6) is 0.453. The van der Waals surface area contributed by atoms with Crippen molar-refractivity contribution in [1.29, 1.82) is 0 Å². The number of nitrogens with zero attached hydrogens (tertiary/aromatic N) is 1. The molecule has 6 nitrogen and oxygen atoms in total. The molecule has 1 aliphatic heterocycles. The fourth-order valence-electron chi connectivity index (χ4n) is 3.11. The van der Waals surface area contributed by atoms with E-state index >= 15 is 0 Å². The van der Waals surface area contributed by atoms with E-state index in [-0.39, 0.29) is 15.8 Å². The Balaban J connectivity index is 1.85. The van der Waals surface area contributed by atoms with E-state index in [4.69, 9.17) is 16.3 Å². The molecule has 0 bridgehead atoms. The lowest BCUT2D eigenvalue weighted by Gasteiger charge is -2.26. The van der Waals surface area contributed by atoms with E-state index in [1.807, 2.05) is 20.8 Å². The Labute approximate surface area is 170 Å². The summed E-state index contributed by atoms with van der Waals surface area (Å²) < 4.78 is 33.0. The average Bonchev–Trinajstić information content (AvgIpc) is 3.02. The molecule has 2 aromatic rings. The van der Waals surface area contributed by atoms with Gasteiger partial charge in [0, 0.05) is 23.3 Å². The number of sulfonamides is 1. The van der Waals surface area contributed by atoms with E-state index < -0.39 is 15.4 Å². The van der Waals surface area contributed by atoms with E-state index in [9.17, 15) is 13.2 Å². The lowest BCUT2D eigenvalue weighted by Crippen LogP contribution is -2.38. The molecule has 28 heavy (non-hydrogen) atoms. The summed E-state index contributed by atoms with van der Waals surface area (Å²) in [6.07, 6.45) is 0.682. The molecule has 3 rings (SSSR count). The summed E-state index contributed by atoms with van der Waals surface area (Å²) in [6.45, 7) is 6.25. The number of fused-ring (bicyclic) bond motifs is 1. The van der Waals surface area contributed by atoms with Gasteiger partial charge in [0.2, 0.25) is 5.91 Å². The lowest BCUT2D eigenvalue weighted by molar-refractivity contribution is -0.125. The Bertz CT molecular complexity index is 1030. The standard InChI is InChI=1S/C20H23ClN2O4S/c1-20(2,3)19(24)23-10-9-13-11-14(5-7-17(13)23)22-28(25,26)15-6-8-18(27-4)16(21)12-15/h5-8,11-12,22H,9-10H2,1-4H3. The first-order valence-electron chi connectivity index (χ1n) is 8.84. The predicted octanol–water partition coefficient (Wildman–Crippen LogP) is 4.08. The van der Waals surface area contributed by atoms with Crippen LogP contribution in [0.3, 0.4) is 0 Å². The van der Waals surface area contributed by atoms with E-state index in [1.165, 1.54) is 25.3 Å². The van der Waals surface area contributed by atoms with Crippen LogP contribution in [-0.4, -0.2) is 28.0 Å². The van der Waals surface area contributed by atoms with Crippen LogP contribution in [0.4, 0.5) is 11.4 Å². The largest absolute Gasteiger partial charge is 0.495 e. The summed E-state index contributed by atoms with van der Waals surface area (Å²) >= 11 is 6.04. The summed E-state index contributed by atoms with van der Waals surface area (Å²) in [6, 6.07) is 9.51. The van der Waals surface area contributed by atoms with E-state index in [1.54, 1.807) is 23.1 Å². The van der Waals surface area contributed by atoms with Gasteiger partial charge in [-0.05, 0) is 48.4 Å². The van der Waals surface area contributed by atoms with Crippen LogP contribution in [0.2, 0.25) is 5.02 Å². The van der Waals surface area contributed by atoms with Crippen LogP contribution in [0.1, 0.15) is 26.3 Å². The van der Waals surface area contributed by atoms with Gasteiger partial charge >= 0.3 is 0 Å². The number of ether oxygens (including phenoxy) is 1. The SMILES string of the molecule is COc1ccc(S(=O)(=O)Nc2ccc3c(c2)CCN3C(=O)C(C)(C)C)cc1Cl. The molecule has 0 atom stereocenters. The highest BCUT2D eigenvalue weighted by molar-refractivity contribution is 7.92. The van der Waals surface area contributed by atoms with Gasteiger partial charge in [-0.2, -0.15) is 0 Å². The molecule has 1 N–H and O–H groups in total. The Morgan fingerprint density at radius 3 is 2.50 bits per heavy atom. The number of anilines is 2. The molecule has 150 valence electrons. The molecule has 0 fully saturated rings. The number of halogens is 1. The first-order valence-corrected chi connectivity index (χ1v) is 10.7. The number of nitrogens with one attached hydrogen (secondary N) is 1. The van der Waals surface area contributed by atoms with Crippen molar-refractivity contribution < 1.29 is 17.9 Å². The maximum atomic E-state index is 12.7. The third-order valence-corrected chi connectivity index (χ3v) is 6.22. The quantitative estimate of drug-likeness (QED) is 0.805. The smallest absolute Gasteiger partial charge is 0.261 e. The van der Waals surface area contributed by atoms with E-state index in [0.717, 1.165) is 11.3 Å². The minimum atomic E-state index is -3.80. The van der Waals surface area contributed by atoms with Crippen molar-refractivity contribution in [2.45, 2.75) is 32.1 Å². The second-order valence-electron chi connectivity index (χ2n) is 7.70. The summed E-state index contributed by atoms with van der Waals surface area (Å²) in [5, 5.41) is 0.218. The van der Waals surface area contributed by atoms with Gasteiger partial charge in [-0.1, -0.05) is 32.4 Å². The summed E-state index contributed by atoms with van der Waals surface area (Å²) in [7, 11) is -2.34. The average molecular weight is 423 g/mol. The number of amides is 1. The Hall–Kier alpha value is -2.25. The van der Waals surface area contributed by atoms with E-state index in [0.29, 0.717) is 24.4 Å². The first kappa shape index (κ1) is 20.5. The second-order valence-corrected chi connectivity index (χ2v) is 9.79. The van der Waals surface area contributed by atoms with Crippen molar-refractivity contribution >= 4 is 38.9 Å². The molecule has 2 aromatic carbocycles. The van der Waals surface area contributed by atoms with Crippen molar-refractivity contribution in [3.8, 4) is 5.75 Å². The van der Waals surface area contributed by atoms with Gasteiger partial charge in [-0.3, -0.25) is 9.52 Å². The third-order valence-electron chi connectivity index (χ3n) is 4.55. The predicted molar refractivity (Wildman–Crippen MR) is 111 cm³/mol. The number of methoxy groups -OCH3 is 1. The lowest BCUT2D eigenvalue weighted by atomic mass is 9.94. The number of carbonyl (C=O) groups is 1. The summed E-state index contributed by atoms with van der Waals surface area (Å²) in [4.78, 5) is 14.4. The van der Waals surface area contributed by atoms with Crippen LogP contribution >= 0.6 is 11.6 Å². The van der Waals surface area contributed by atoms with Crippen molar-refractivity contribution in [3.63, 3.8) is 0 Å². The van der Waals surface area contributed by atoms with Crippen LogP contribution in [0.15, 0.2) is 41.3 Å². The fraction of sp³-hybridized carbons (Fsp3) is 0.350. The van der Waals surface area contributed by atoms with Crippen LogP contribution in [0.25, 0.3) is 0 Å². The highest BCUT2D eigenvalue weighted by Gasteiger charge is 2.32. The molecule has 0 saturated heterocycles. The van der Waals surface area contributed by atoms with Crippen molar-refractivity contribution in [2.24, 2.45) is 5.41 Å². The van der Waals surface area contributed by atoms with Crippen LogP contribution in [0.5, 0.6) is 5.75 Å². The number of carbonyl (C=O) groups excluding carboxylic acids is 1. The Kier molecular flexibility index (Phi) is 5.34. The maximum absolute atomic E-state index is 12.7. The Morgan fingerprint density at radius 1 is 1.18 bits per heavy atom. The van der Waals surface area contributed by atoms with Gasteiger partial charge < -0.3 is 9.64 Å². The van der Waals surface area contributed by atoms with Gasteiger partial charge in [0.1, 0.15) is 5.75 Å². The zero-order valence-electron chi connectivity index (χ0n) is 16.2. The molecule has 0 saturated carbocycles. The minimum Gasteiger partial charge on any atom is -0.495 e. The van der Waals surface area contributed by atoms with Crippen LogP contribution in [-0.2, 0) is 21.2 Å². The van der Waals surface area contributed by atoms with Crippen molar-refractivity contribution in [2.75, 3.05) is 23.3 Å². The first-order chi connectivity index (χ1) is 13.0. The number of hydrogen-bond acceptors (Lipinski definition) is 4. The van der Waals surface area contributed by atoms with Gasteiger partial charge in [0.25, 0.3) is 10.0 Å². The zero-order chi connectivity index (χ0) is 20.7. The minimum absolute atomic E-state index is 0.0448. The molecule has 8 heteroatoms. The van der Waals surface area contributed by atoms with Crippen LogP contribution < -0.4 is 14.4 Å². The zero-order valence-corrected chi connectivity index (χ0v) is 17.8. The van der Waals surface area contributed by atoms with Crippen molar-refractivity contribution in [1.82, 2.24) is 0 Å². The number of hydrogen-bond donors (Lipinski definition) is 1. The Morgan fingerprint density at radius 2 is 1.89 bits per heavy atom.